The van der Waals surface area contributed by atoms with Crippen LogP contribution in [0.15, 0.2) is 17.1 Å². The molecule has 0 saturated carbocycles. The largest absolute Gasteiger partial charge is 0.387 e. The standard InChI is InChI=1S/C9H15N3O/c1-3-4-5-12-9(13)6-8(10-2)7-11-12/h6-7,10H,3-5H2,1-2H3. The highest BCUT2D eigenvalue weighted by Gasteiger charge is 1.97. The van der Waals surface area contributed by atoms with Crippen molar-refractivity contribution >= 4 is 5.69 Å². The van der Waals surface area contributed by atoms with Gasteiger partial charge >= 0.3 is 0 Å². The number of aromatic nitrogens is 2. The lowest BCUT2D eigenvalue weighted by Crippen LogP contribution is -2.22. The normalized spacial score (nSPS) is 10.0. The van der Waals surface area contributed by atoms with Gasteiger partial charge in [-0.1, -0.05) is 13.3 Å². The van der Waals surface area contributed by atoms with Crippen molar-refractivity contribution in [2.75, 3.05) is 12.4 Å². The first-order valence-electron chi connectivity index (χ1n) is 4.53. The van der Waals surface area contributed by atoms with Gasteiger partial charge in [-0.25, -0.2) is 4.68 Å². The maximum atomic E-state index is 11.4. The summed E-state index contributed by atoms with van der Waals surface area (Å²) in [5, 5.41) is 6.90. The van der Waals surface area contributed by atoms with Gasteiger partial charge in [-0.2, -0.15) is 5.10 Å². The zero-order valence-corrected chi connectivity index (χ0v) is 8.08. The Balaban J connectivity index is 2.80. The van der Waals surface area contributed by atoms with Crippen LogP contribution in [0.4, 0.5) is 5.69 Å². The van der Waals surface area contributed by atoms with Crippen LogP contribution in [0.1, 0.15) is 19.8 Å². The second-order valence-electron chi connectivity index (χ2n) is 2.91. The summed E-state index contributed by atoms with van der Waals surface area (Å²) in [6, 6.07) is 1.56. The molecule has 4 nitrogen and oxygen atoms in total. The number of anilines is 1. The van der Waals surface area contributed by atoms with Crippen LogP contribution in [0, 0.1) is 0 Å². The van der Waals surface area contributed by atoms with E-state index in [0.717, 1.165) is 18.5 Å². The van der Waals surface area contributed by atoms with Gasteiger partial charge in [0.05, 0.1) is 11.9 Å². The molecule has 0 atom stereocenters. The summed E-state index contributed by atoms with van der Waals surface area (Å²) in [6.45, 7) is 2.80. The van der Waals surface area contributed by atoms with E-state index in [9.17, 15) is 4.79 Å². The lowest BCUT2D eigenvalue weighted by atomic mass is 10.3. The molecule has 72 valence electrons. The number of hydrogen-bond acceptors (Lipinski definition) is 3. The van der Waals surface area contributed by atoms with Gasteiger partial charge in [0, 0.05) is 19.7 Å². The van der Waals surface area contributed by atoms with Crippen molar-refractivity contribution in [1.29, 1.82) is 0 Å². The topological polar surface area (TPSA) is 46.9 Å². The molecule has 0 spiro atoms. The Morgan fingerprint density at radius 3 is 2.92 bits per heavy atom. The summed E-state index contributed by atoms with van der Waals surface area (Å²) >= 11 is 0. The van der Waals surface area contributed by atoms with Crippen LogP contribution in [-0.4, -0.2) is 16.8 Å². The molecule has 1 aromatic heterocycles. The number of unbranched alkanes of at least 4 members (excludes halogenated alkanes) is 1. The van der Waals surface area contributed by atoms with Gasteiger partial charge in [0.25, 0.3) is 5.56 Å². The Hall–Kier alpha value is -1.32. The Labute approximate surface area is 77.6 Å². The summed E-state index contributed by atoms with van der Waals surface area (Å²) in [5.74, 6) is 0. The average molecular weight is 181 g/mol. The van der Waals surface area contributed by atoms with Crippen molar-refractivity contribution in [3.63, 3.8) is 0 Å². The van der Waals surface area contributed by atoms with Gasteiger partial charge in [-0.3, -0.25) is 4.79 Å². The molecule has 13 heavy (non-hydrogen) atoms. The van der Waals surface area contributed by atoms with Gasteiger partial charge in [-0.05, 0) is 6.42 Å². The van der Waals surface area contributed by atoms with E-state index in [1.165, 1.54) is 4.68 Å². The molecule has 0 aliphatic heterocycles. The van der Waals surface area contributed by atoms with E-state index >= 15 is 0 Å². The summed E-state index contributed by atoms with van der Waals surface area (Å²) in [6.07, 6.45) is 3.73. The molecular weight excluding hydrogens is 166 g/mol. The zero-order valence-electron chi connectivity index (χ0n) is 8.08. The molecule has 1 heterocycles. The SMILES string of the molecule is CCCCn1ncc(NC)cc1=O. The first-order chi connectivity index (χ1) is 6.27. The number of nitrogens with zero attached hydrogens (tertiary/aromatic N) is 2. The van der Waals surface area contributed by atoms with Gasteiger partial charge < -0.3 is 5.32 Å². The van der Waals surface area contributed by atoms with Gasteiger partial charge in [0.2, 0.25) is 0 Å². The van der Waals surface area contributed by atoms with Crippen LogP contribution in [0.25, 0.3) is 0 Å². The molecule has 1 N–H and O–H groups in total. The second kappa shape index (κ2) is 4.64. The minimum absolute atomic E-state index is 0.0414. The van der Waals surface area contributed by atoms with E-state index in [2.05, 4.69) is 17.3 Å². The van der Waals surface area contributed by atoms with Crippen LogP contribution in [-0.2, 0) is 6.54 Å². The Morgan fingerprint density at radius 1 is 1.62 bits per heavy atom. The molecule has 0 amide bonds. The molecule has 0 fully saturated rings. The maximum Gasteiger partial charge on any atom is 0.268 e. The fourth-order valence-corrected chi connectivity index (χ4v) is 1.05. The summed E-state index contributed by atoms with van der Waals surface area (Å²) in [5.41, 5.74) is 0.720. The van der Waals surface area contributed by atoms with E-state index in [-0.39, 0.29) is 5.56 Å². The Kier molecular flexibility index (Phi) is 3.49. The number of nitrogens with one attached hydrogen (secondary N) is 1. The fraction of sp³-hybridized carbons (Fsp3) is 0.556. The predicted octanol–water partition coefficient (Wildman–Crippen LogP) is 1.09. The highest BCUT2D eigenvalue weighted by molar-refractivity contribution is 5.37. The maximum absolute atomic E-state index is 11.4. The first kappa shape index (κ1) is 9.77. The third-order valence-corrected chi connectivity index (χ3v) is 1.88. The van der Waals surface area contributed by atoms with Crippen molar-refractivity contribution in [2.45, 2.75) is 26.3 Å². The molecule has 1 aromatic rings. The molecule has 0 radical (unpaired) electrons. The van der Waals surface area contributed by atoms with E-state index in [1.54, 1.807) is 19.3 Å². The minimum Gasteiger partial charge on any atom is -0.387 e. The monoisotopic (exact) mass is 181 g/mol. The van der Waals surface area contributed by atoms with Gasteiger partial charge in [0.15, 0.2) is 0 Å². The van der Waals surface area contributed by atoms with E-state index in [0.29, 0.717) is 6.54 Å². The number of hydrogen-bond donors (Lipinski definition) is 1. The van der Waals surface area contributed by atoms with Crippen molar-refractivity contribution in [2.24, 2.45) is 0 Å². The average Bonchev–Trinajstić information content (AvgIpc) is 2.16. The van der Waals surface area contributed by atoms with Crippen molar-refractivity contribution in [3.05, 3.63) is 22.6 Å². The van der Waals surface area contributed by atoms with Crippen LogP contribution < -0.4 is 10.9 Å². The molecule has 0 aliphatic carbocycles. The van der Waals surface area contributed by atoms with Crippen LogP contribution >= 0.6 is 0 Å². The zero-order chi connectivity index (χ0) is 9.68. The minimum atomic E-state index is -0.0414. The molecule has 1 rings (SSSR count). The number of aryl methyl sites for hydroxylation is 1. The summed E-state index contributed by atoms with van der Waals surface area (Å²) < 4.78 is 1.49. The predicted molar refractivity (Wildman–Crippen MR) is 53.0 cm³/mol. The van der Waals surface area contributed by atoms with Crippen LogP contribution in [0.2, 0.25) is 0 Å². The molecular formula is C9H15N3O. The third kappa shape index (κ3) is 2.57. The highest BCUT2D eigenvalue weighted by Crippen LogP contribution is 1.97. The quantitative estimate of drug-likeness (QED) is 0.756. The second-order valence-corrected chi connectivity index (χ2v) is 2.91. The van der Waals surface area contributed by atoms with Crippen molar-refractivity contribution in [3.8, 4) is 0 Å². The molecule has 0 unspecified atom stereocenters. The fourth-order valence-electron chi connectivity index (χ4n) is 1.05. The summed E-state index contributed by atoms with van der Waals surface area (Å²) in [4.78, 5) is 11.4. The van der Waals surface area contributed by atoms with Crippen molar-refractivity contribution in [1.82, 2.24) is 9.78 Å². The van der Waals surface area contributed by atoms with Gasteiger partial charge in [0.1, 0.15) is 0 Å². The lowest BCUT2D eigenvalue weighted by Gasteiger charge is -2.03. The molecule has 0 bridgehead atoms. The summed E-state index contributed by atoms with van der Waals surface area (Å²) in [7, 11) is 1.77. The molecule has 0 aromatic carbocycles. The Bertz CT molecular complexity index is 319. The van der Waals surface area contributed by atoms with Gasteiger partial charge in [-0.15, -0.1) is 0 Å². The van der Waals surface area contributed by atoms with E-state index < -0.39 is 0 Å². The smallest absolute Gasteiger partial charge is 0.268 e. The number of rotatable bonds is 4. The lowest BCUT2D eigenvalue weighted by molar-refractivity contribution is 0.543. The molecule has 0 saturated heterocycles. The van der Waals surface area contributed by atoms with Crippen molar-refractivity contribution < 1.29 is 0 Å². The van der Waals surface area contributed by atoms with E-state index in [4.69, 9.17) is 0 Å². The van der Waals surface area contributed by atoms with E-state index in [1.807, 2.05) is 0 Å². The Morgan fingerprint density at radius 2 is 2.38 bits per heavy atom. The van der Waals surface area contributed by atoms with Crippen LogP contribution in [0.5, 0.6) is 0 Å². The third-order valence-electron chi connectivity index (χ3n) is 1.88. The van der Waals surface area contributed by atoms with Crippen LogP contribution in [0.3, 0.4) is 0 Å². The molecule has 4 heteroatoms. The highest BCUT2D eigenvalue weighted by atomic mass is 16.1. The molecule has 0 aliphatic rings. The first-order valence-corrected chi connectivity index (χ1v) is 4.53.